The van der Waals surface area contributed by atoms with Crippen molar-refractivity contribution >= 4 is 40.4 Å². The Kier molecular flexibility index (Phi) is 4.25. The van der Waals surface area contributed by atoms with Gasteiger partial charge >= 0.3 is 0 Å². The van der Waals surface area contributed by atoms with Crippen molar-refractivity contribution in [3.63, 3.8) is 0 Å². The first-order chi connectivity index (χ1) is 12.3. The first-order valence-electron chi connectivity index (χ1n) is 8.67. The zero-order valence-corrected chi connectivity index (χ0v) is 16.2. The molecule has 2 aromatic carbocycles. The van der Waals surface area contributed by atoms with Gasteiger partial charge in [-0.3, -0.25) is 4.79 Å². The number of carbonyl (C=O) groups is 1. The van der Waals surface area contributed by atoms with E-state index in [1.807, 2.05) is 42.5 Å². The molecule has 26 heavy (non-hydrogen) atoms. The predicted octanol–water partition coefficient (Wildman–Crippen LogP) is 6.22. The highest BCUT2D eigenvalue weighted by atomic mass is 35.5. The van der Waals surface area contributed by atoms with E-state index in [1.54, 1.807) is 0 Å². The van der Waals surface area contributed by atoms with Crippen LogP contribution in [-0.2, 0) is 4.79 Å². The summed E-state index contributed by atoms with van der Waals surface area (Å²) in [6.45, 7) is 4.27. The molecule has 1 aliphatic carbocycles. The van der Waals surface area contributed by atoms with E-state index in [1.165, 1.54) is 0 Å². The number of nitrogens with one attached hydrogen (secondary N) is 2. The monoisotopic (exact) mass is 386 g/mol. The number of hydrogen-bond acceptors (Lipinski definition) is 3. The van der Waals surface area contributed by atoms with E-state index in [4.69, 9.17) is 23.2 Å². The molecule has 0 fully saturated rings. The number of fused-ring (bicyclic) bond motifs is 1. The van der Waals surface area contributed by atoms with Gasteiger partial charge in [0.15, 0.2) is 5.78 Å². The Morgan fingerprint density at radius 3 is 2.38 bits per heavy atom. The van der Waals surface area contributed by atoms with Gasteiger partial charge in [-0.25, -0.2) is 0 Å². The molecule has 4 rings (SSSR count). The first-order valence-corrected chi connectivity index (χ1v) is 9.43. The SMILES string of the molecule is CC1(C)CC(=O)C2=C(C1)Nc1ccc(Cl)cc1NC2c1ccc(Cl)cc1. The van der Waals surface area contributed by atoms with Crippen LogP contribution >= 0.6 is 23.2 Å². The van der Waals surface area contributed by atoms with E-state index in [0.717, 1.165) is 34.6 Å². The predicted molar refractivity (Wildman–Crippen MR) is 108 cm³/mol. The summed E-state index contributed by atoms with van der Waals surface area (Å²) in [5.41, 5.74) is 4.55. The second-order valence-electron chi connectivity index (χ2n) is 7.78. The van der Waals surface area contributed by atoms with Gasteiger partial charge < -0.3 is 10.6 Å². The van der Waals surface area contributed by atoms with Gasteiger partial charge in [0.1, 0.15) is 0 Å². The Morgan fingerprint density at radius 2 is 1.65 bits per heavy atom. The maximum Gasteiger partial charge on any atom is 0.163 e. The number of carbonyl (C=O) groups excluding carboxylic acids is 1. The topological polar surface area (TPSA) is 41.1 Å². The molecule has 0 radical (unpaired) electrons. The van der Waals surface area contributed by atoms with Crippen molar-refractivity contribution in [3.05, 3.63) is 69.3 Å². The zero-order chi connectivity index (χ0) is 18.5. The third-order valence-electron chi connectivity index (χ3n) is 4.98. The normalized spacial score (nSPS) is 21.2. The van der Waals surface area contributed by atoms with Crippen LogP contribution in [0.15, 0.2) is 53.7 Å². The second kappa shape index (κ2) is 6.33. The lowest BCUT2D eigenvalue weighted by atomic mass is 9.73. The smallest absolute Gasteiger partial charge is 0.163 e. The maximum atomic E-state index is 13.1. The van der Waals surface area contributed by atoms with Crippen LogP contribution in [0.4, 0.5) is 11.4 Å². The highest BCUT2D eigenvalue weighted by molar-refractivity contribution is 6.31. The average Bonchev–Trinajstić information content (AvgIpc) is 2.70. The summed E-state index contributed by atoms with van der Waals surface area (Å²) >= 11 is 12.3. The van der Waals surface area contributed by atoms with Gasteiger partial charge in [0, 0.05) is 27.7 Å². The minimum Gasteiger partial charge on any atom is -0.372 e. The molecular weight excluding hydrogens is 367 g/mol. The van der Waals surface area contributed by atoms with Gasteiger partial charge in [-0.05, 0) is 47.7 Å². The molecule has 3 nitrogen and oxygen atoms in total. The number of halogens is 2. The van der Waals surface area contributed by atoms with Crippen LogP contribution in [-0.4, -0.2) is 5.78 Å². The number of ketones is 1. The molecule has 0 saturated heterocycles. The largest absolute Gasteiger partial charge is 0.372 e. The zero-order valence-electron chi connectivity index (χ0n) is 14.7. The lowest BCUT2D eigenvalue weighted by Gasteiger charge is -2.34. The fraction of sp³-hybridized carbons (Fsp3) is 0.286. The molecule has 1 heterocycles. The van der Waals surface area contributed by atoms with Crippen LogP contribution in [0, 0.1) is 5.41 Å². The van der Waals surface area contributed by atoms with E-state index in [0.29, 0.717) is 16.5 Å². The molecule has 0 saturated carbocycles. The van der Waals surface area contributed by atoms with E-state index < -0.39 is 0 Å². The molecule has 2 N–H and O–H groups in total. The van der Waals surface area contributed by atoms with E-state index in [2.05, 4.69) is 24.5 Å². The Labute approximate surface area is 163 Å². The summed E-state index contributed by atoms with van der Waals surface area (Å²) in [5, 5.41) is 8.35. The summed E-state index contributed by atoms with van der Waals surface area (Å²) in [7, 11) is 0. The van der Waals surface area contributed by atoms with Crippen molar-refractivity contribution in [3.8, 4) is 0 Å². The fourth-order valence-corrected chi connectivity index (χ4v) is 4.12. The summed E-state index contributed by atoms with van der Waals surface area (Å²) in [6.07, 6.45) is 1.36. The molecule has 1 unspecified atom stereocenters. The number of Topliss-reactive ketones (excluding diaryl/α,β-unsaturated/α-hetero) is 1. The number of hydrogen-bond donors (Lipinski definition) is 2. The number of anilines is 2. The second-order valence-corrected chi connectivity index (χ2v) is 8.65. The molecule has 0 aromatic heterocycles. The van der Waals surface area contributed by atoms with Gasteiger partial charge in [-0.1, -0.05) is 49.2 Å². The van der Waals surface area contributed by atoms with Gasteiger partial charge in [-0.15, -0.1) is 0 Å². The number of allylic oxidation sites excluding steroid dienone is 1. The quantitative estimate of drug-likeness (QED) is 0.611. The van der Waals surface area contributed by atoms with Crippen LogP contribution < -0.4 is 10.6 Å². The highest BCUT2D eigenvalue weighted by Crippen LogP contribution is 2.45. The van der Waals surface area contributed by atoms with Crippen LogP contribution in [0.3, 0.4) is 0 Å². The first kappa shape index (κ1) is 17.4. The molecule has 1 atom stereocenters. The van der Waals surface area contributed by atoms with Gasteiger partial charge in [0.2, 0.25) is 0 Å². The van der Waals surface area contributed by atoms with Gasteiger partial charge in [0.05, 0.1) is 17.4 Å². The highest BCUT2D eigenvalue weighted by Gasteiger charge is 2.38. The Hall–Kier alpha value is -1.97. The fourth-order valence-electron chi connectivity index (χ4n) is 3.82. The Balaban J connectivity index is 1.88. The third kappa shape index (κ3) is 3.22. The Morgan fingerprint density at radius 1 is 0.962 bits per heavy atom. The van der Waals surface area contributed by atoms with Crippen LogP contribution in [0.2, 0.25) is 10.0 Å². The Bertz CT molecular complexity index is 916. The molecule has 134 valence electrons. The van der Waals surface area contributed by atoms with Crippen molar-refractivity contribution in [2.75, 3.05) is 10.6 Å². The van der Waals surface area contributed by atoms with E-state index >= 15 is 0 Å². The van der Waals surface area contributed by atoms with Crippen molar-refractivity contribution in [1.29, 1.82) is 0 Å². The summed E-state index contributed by atoms with van der Waals surface area (Å²) < 4.78 is 0. The average molecular weight is 387 g/mol. The van der Waals surface area contributed by atoms with Crippen LogP contribution in [0.25, 0.3) is 0 Å². The van der Waals surface area contributed by atoms with Crippen molar-refractivity contribution in [2.45, 2.75) is 32.7 Å². The number of rotatable bonds is 1. The molecule has 1 aliphatic heterocycles. The molecule has 0 spiro atoms. The van der Waals surface area contributed by atoms with E-state index in [9.17, 15) is 4.79 Å². The van der Waals surface area contributed by atoms with Crippen molar-refractivity contribution < 1.29 is 4.79 Å². The molecular formula is C21H20Cl2N2O. The minimum atomic E-state index is -0.238. The lowest BCUT2D eigenvalue weighted by molar-refractivity contribution is -0.118. The minimum absolute atomic E-state index is 0.0651. The van der Waals surface area contributed by atoms with Crippen molar-refractivity contribution in [2.24, 2.45) is 5.41 Å². The van der Waals surface area contributed by atoms with Gasteiger partial charge in [-0.2, -0.15) is 0 Å². The molecule has 5 heteroatoms. The maximum absolute atomic E-state index is 13.1. The standard InChI is InChI=1S/C21H20Cl2N2O/c1-21(2)10-17-19(18(26)11-21)20(12-3-5-13(22)6-4-12)25-16-9-14(23)7-8-15(16)24-17/h3-9,20,24-25H,10-11H2,1-2H3. The number of benzene rings is 2. The third-order valence-corrected chi connectivity index (χ3v) is 5.47. The molecule has 2 aliphatic rings. The van der Waals surface area contributed by atoms with Crippen molar-refractivity contribution in [1.82, 2.24) is 0 Å². The van der Waals surface area contributed by atoms with Crippen LogP contribution in [0.5, 0.6) is 0 Å². The summed E-state index contributed by atoms with van der Waals surface area (Å²) in [6, 6.07) is 13.1. The molecule has 2 aromatic rings. The van der Waals surface area contributed by atoms with Gasteiger partial charge in [0.25, 0.3) is 0 Å². The summed E-state index contributed by atoms with van der Waals surface area (Å²) in [4.78, 5) is 13.1. The van der Waals surface area contributed by atoms with Crippen LogP contribution in [0.1, 0.15) is 38.3 Å². The molecule has 0 bridgehead atoms. The molecule has 0 amide bonds. The van der Waals surface area contributed by atoms with E-state index in [-0.39, 0.29) is 17.2 Å². The lowest BCUT2D eigenvalue weighted by Crippen LogP contribution is -2.31. The summed E-state index contributed by atoms with van der Waals surface area (Å²) in [5.74, 6) is 0.176.